The van der Waals surface area contributed by atoms with Gasteiger partial charge in [0.1, 0.15) is 0 Å². The molecule has 0 saturated heterocycles. The zero-order valence-electron chi connectivity index (χ0n) is 14.6. The molecule has 3 rings (SSSR count). The minimum Gasteiger partial charge on any atom is -0.465 e. The highest BCUT2D eigenvalue weighted by molar-refractivity contribution is 8.01. The van der Waals surface area contributed by atoms with Crippen molar-refractivity contribution in [3.05, 3.63) is 63.5 Å². The second kappa shape index (κ2) is 9.43. The summed E-state index contributed by atoms with van der Waals surface area (Å²) in [6.45, 7) is 0. The van der Waals surface area contributed by atoms with Crippen LogP contribution in [0.5, 0.6) is 0 Å². The van der Waals surface area contributed by atoms with E-state index in [-0.39, 0.29) is 22.2 Å². The maximum Gasteiger partial charge on any atom is 0.339 e. The number of carbonyl (C=O) groups excluding carboxylic acids is 2. The fourth-order valence-corrected chi connectivity index (χ4v) is 4.23. The minimum absolute atomic E-state index is 0.184. The number of esters is 1. The van der Waals surface area contributed by atoms with Gasteiger partial charge in [0.15, 0.2) is 4.34 Å². The van der Waals surface area contributed by atoms with Gasteiger partial charge < -0.3 is 10.1 Å². The first-order valence-corrected chi connectivity index (χ1v) is 10.6. The molecule has 0 unspecified atom stereocenters. The maximum atomic E-state index is 12.2. The third kappa shape index (κ3) is 5.26. The maximum absolute atomic E-state index is 12.2. The van der Waals surface area contributed by atoms with Crippen LogP contribution < -0.4 is 5.32 Å². The summed E-state index contributed by atoms with van der Waals surface area (Å²) in [5.41, 5.74) is 2.47. The number of nitrogens with one attached hydrogen (secondary N) is 1. The van der Waals surface area contributed by atoms with Gasteiger partial charge >= 0.3 is 5.97 Å². The Morgan fingerprint density at radius 2 is 1.93 bits per heavy atom. The van der Waals surface area contributed by atoms with E-state index in [4.69, 9.17) is 23.2 Å². The molecule has 0 atom stereocenters. The fraction of sp³-hybridized carbons (Fsp3) is 0.105. The summed E-state index contributed by atoms with van der Waals surface area (Å²) in [4.78, 5) is 28.4. The summed E-state index contributed by atoms with van der Waals surface area (Å²) < 4.78 is 5.46. The molecule has 0 aliphatic heterocycles. The van der Waals surface area contributed by atoms with Gasteiger partial charge in [0, 0.05) is 21.7 Å². The molecule has 144 valence electrons. The van der Waals surface area contributed by atoms with E-state index in [1.807, 2.05) is 29.6 Å². The number of thiazole rings is 1. The molecule has 9 heteroatoms. The van der Waals surface area contributed by atoms with Gasteiger partial charge in [0.2, 0.25) is 5.91 Å². The van der Waals surface area contributed by atoms with Crippen molar-refractivity contribution in [2.24, 2.45) is 0 Å². The number of anilines is 1. The molecule has 0 bridgehead atoms. The van der Waals surface area contributed by atoms with Crippen molar-refractivity contribution in [2.45, 2.75) is 4.34 Å². The second-order valence-electron chi connectivity index (χ2n) is 5.53. The van der Waals surface area contributed by atoms with Gasteiger partial charge in [-0.25, -0.2) is 9.78 Å². The van der Waals surface area contributed by atoms with Gasteiger partial charge in [0.05, 0.1) is 29.1 Å². The van der Waals surface area contributed by atoms with Crippen molar-refractivity contribution < 1.29 is 14.3 Å². The van der Waals surface area contributed by atoms with Crippen LogP contribution in [-0.2, 0) is 9.53 Å². The molecule has 2 aromatic carbocycles. The lowest BCUT2D eigenvalue weighted by atomic mass is 10.2. The van der Waals surface area contributed by atoms with E-state index in [0.717, 1.165) is 15.6 Å². The van der Waals surface area contributed by atoms with Crippen molar-refractivity contribution in [1.29, 1.82) is 0 Å². The number of hydrogen-bond donors (Lipinski definition) is 1. The number of hydrogen-bond acceptors (Lipinski definition) is 6. The zero-order chi connectivity index (χ0) is 20.1. The summed E-state index contributed by atoms with van der Waals surface area (Å²) in [6, 6.07) is 12.1. The summed E-state index contributed by atoms with van der Waals surface area (Å²) in [5, 5.41) is 5.61. The molecule has 1 N–H and O–H groups in total. The Hall–Kier alpha value is -2.06. The number of methoxy groups -OCH3 is 1. The number of ether oxygens (including phenoxy) is 1. The number of rotatable bonds is 6. The number of benzene rings is 2. The lowest BCUT2D eigenvalue weighted by Crippen LogP contribution is -2.14. The molecule has 0 radical (unpaired) electrons. The lowest BCUT2D eigenvalue weighted by Gasteiger charge is -2.07. The number of aromatic nitrogens is 1. The molecule has 1 aromatic heterocycles. The van der Waals surface area contributed by atoms with Gasteiger partial charge in [-0.15, -0.1) is 11.3 Å². The standard InChI is InChI=1S/C19H14Cl2N2O3S2/c1-26-18(25)14-8-13(6-7-15(14)21)22-17(24)10-28-19-23-16(9-27-19)11-2-4-12(20)5-3-11/h2-9H,10H2,1H3,(H,22,24). The Morgan fingerprint density at radius 1 is 1.18 bits per heavy atom. The molecule has 1 amide bonds. The monoisotopic (exact) mass is 452 g/mol. The number of halogens is 2. The first-order valence-electron chi connectivity index (χ1n) is 7.98. The van der Waals surface area contributed by atoms with Crippen molar-refractivity contribution in [1.82, 2.24) is 4.98 Å². The molecular formula is C19H14Cl2N2O3S2. The molecule has 3 aromatic rings. The van der Waals surface area contributed by atoms with Crippen LogP contribution in [0.15, 0.2) is 52.2 Å². The number of amides is 1. The van der Waals surface area contributed by atoms with E-state index in [0.29, 0.717) is 10.7 Å². The van der Waals surface area contributed by atoms with Crippen LogP contribution in [-0.4, -0.2) is 29.7 Å². The molecule has 0 saturated carbocycles. The summed E-state index contributed by atoms with van der Waals surface area (Å²) in [7, 11) is 1.27. The fourth-order valence-electron chi connectivity index (χ4n) is 2.27. The first kappa shape index (κ1) is 20.7. The van der Waals surface area contributed by atoms with Crippen LogP contribution in [0.2, 0.25) is 10.0 Å². The van der Waals surface area contributed by atoms with Crippen molar-refractivity contribution in [3.63, 3.8) is 0 Å². The summed E-state index contributed by atoms with van der Waals surface area (Å²) in [5.74, 6) is -0.594. The quantitative estimate of drug-likeness (QED) is 0.387. The Kier molecular flexibility index (Phi) is 6.96. The van der Waals surface area contributed by atoms with Crippen molar-refractivity contribution in [2.75, 3.05) is 18.2 Å². The molecule has 28 heavy (non-hydrogen) atoms. The van der Waals surface area contributed by atoms with Crippen LogP contribution in [0, 0.1) is 0 Å². The molecule has 0 fully saturated rings. The van der Waals surface area contributed by atoms with Crippen LogP contribution in [0.4, 0.5) is 5.69 Å². The molecule has 0 aliphatic carbocycles. The van der Waals surface area contributed by atoms with Gasteiger partial charge in [-0.05, 0) is 30.3 Å². The summed E-state index contributed by atoms with van der Waals surface area (Å²) in [6.07, 6.45) is 0. The third-order valence-electron chi connectivity index (χ3n) is 3.61. The van der Waals surface area contributed by atoms with E-state index < -0.39 is 5.97 Å². The molecular weight excluding hydrogens is 439 g/mol. The second-order valence-corrected chi connectivity index (χ2v) is 8.45. The normalized spacial score (nSPS) is 10.5. The van der Waals surface area contributed by atoms with Crippen molar-refractivity contribution >= 4 is 63.9 Å². The Morgan fingerprint density at radius 3 is 2.64 bits per heavy atom. The first-order chi connectivity index (χ1) is 13.5. The highest BCUT2D eigenvalue weighted by atomic mass is 35.5. The Labute approximate surface area is 180 Å². The molecule has 1 heterocycles. The predicted octanol–water partition coefficient (Wildman–Crippen LogP) is 5.63. The number of thioether (sulfide) groups is 1. The topological polar surface area (TPSA) is 68.3 Å². The van der Waals surface area contributed by atoms with Crippen LogP contribution in [0.3, 0.4) is 0 Å². The highest BCUT2D eigenvalue weighted by Gasteiger charge is 2.13. The lowest BCUT2D eigenvalue weighted by molar-refractivity contribution is -0.113. The van der Waals surface area contributed by atoms with Gasteiger partial charge in [0.25, 0.3) is 0 Å². The molecule has 0 spiro atoms. The van der Waals surface area contributed by atoms with E-state index >= 15 is 0 Å². The van der Waals surface area contributed by atoms with E-state index in [1.54, 1.807) is 6.07 Å². The highest BCUT2D eigenvalue weighted by Crippen LogP contribution is 2.29. The van der Waals surface area contributed by atoms with Crippen molar-refractivity contribution in [3.8, 4) is 11.3 Å². The van der Waals surface area contributed by atoms with Crippen LogP contribution in [0.1, 0.15) is 10.4 Å². The van der Waals surface area contributed by atoms with E-state index in [1.165, 1.54) is 42.3 Å². The van der Waals surface area contributed by atoms with Crippen LogP contribution in [0.25, 0.3) is 11.3 Å². The van der Waals surface area contributed by atoms with Gasteiger partial charge in [-0.3, -0.25) is 4.79 Å². The number of carbonyl (C=O) groups is 2. The van der Waals surface area contributed by atoms with Crippen LogP contribution >= 0.6 is 46.3 Å². The molecule has 5 nitrogen and oxygen atoms in total. The zero-order valence-corrected chi connectivity index (χ0v) is 17.7. The smallest absolute Gasteiger partial charge is 0.339 e. The summed E-state index contributed by atoms with van der Waals surface area (Å²) >= 11 is 14.7. The minimum atomic E-state index is -0.562. The van der Waals surface area contributed by atoms with Gasteiger partial charge in [-0.2, -0.15) is 0 Å². The third-order valence-corrected chi connectivity index (χ3v) is 6.21. The SMILES string of the molecule is COC(=O)c1cc(NC(=O)CSc2nc(-c3ccc(Cl)cc3)cs2)ccc1Cl. The average Bonchev–Trinajstić information content (AvgIpc) is 3.17. The Balaban J connectivity index is 1.59. The molecule has 0 aliphatic rings. The number of nitrogens with zero attached hydrogens (tertiary/aromatic N) is 1. The Bertz CT molecular complexity index is 1010. The average molecular weight is 453 g/mol. The van der Waals surface area contributed by atoms with E-state index in [9.17, 15) is 9.59 Å². The largest absolute Gasteiger partial charge is 0.465 e. The van der Waals surface area contributed by atoms with E-state index in [2.05, 4.69) is 15.0 Å². The predicted molar refractivity (Wildman–Crippen MR) is 115 cm³/mol. The van der Waals surface area contributed by atoms with Gasteiger partial charge in [-0.1, -0.05) is 47.1 Å².